The zero-order valence-electron chi connectivity index (χ0n) is 15.3. The van der Waals surface area contributed by atoms with Crippen LogP contribution in [0.5, 0.6) is 0 Å². The molecular weight excluding hydrogens is 334 g/mol. The van der Waals surface area contributed by atoms with Crippen molar-refractivity contribution in [3.8, 4) is 0 Å². The van der Waals surface area contributed by atoms with Gasteiger partial charge in [0.15, 0.2) is 0 Å². The Morgan fingerprint density at radius 3 is 2.62 bits per heavy atom. The number of carbonyl (C=O) groups is 1. The van der Waals surface area contributed by atoms with Crippen molar-refractivity contribution in [2.75, 3.05) is 18.0 Å². The van der Waals surface area contributed by atoms with Crippen LogP contribution in [-0.4, -0.2) is 33.5 Å². The second-order valence-corrected chi connectivity index (χ2v) is 6.65. The highest BCUT2D eigenvalue weighted by atomic mass is 16.2. The van der Waals surface area contributed by atoms with Crippen LogP contribution in [-0.2, 0) is 13.6 Å². The van der Waals surface area contributed by atoms with Gasteiger partial charge in [0.2, 0.25) is 5.95 Å². The number of carbonyl (C=O) groups excluding carboxylic acids is 1. The number of anilines is 1. The number of nitrogens with zero attached hydrogens (tertiary/aromatic N) is 3. The van der Waals surface area contributed by atoms with Crippen LogP contribution < -0.4 is 21.3 Å². The summed E-state index contributed by atoms with van der Waals surface area (Å²) in [6, 6.07) is 3.16. The lowest BCUT2D eigenvalue weighted by Gasteiger charge is -2.16. The summed E-state index contributed by atoms with van der Waals surface area (Å²) in [5.74, 6) is 0.0644. The molecule has 0 aromatic carbocycles. The largest absolute Gasteiger partial charge is 0.346 e. The maximum atomic E-state index is 12.5. The molecular formula is C18H23N5O3. The van der Waals surface area contributed by atoms with Gasteiger partial charge in [-0.2, -0.15) is 0 Å². The molecule has 0 atom stereocenters. The first kappa shape index (κ1) is 17.9. The molecule has 0 radical (unpaired) electrons. The molecule has 0 saturated carbocycles. The minimum absolute atomic E-state index is 0.0834. The molecule has 0 aliphatic carbocycles. The van der Waals surface area contributed by atoms with Crippen molar-refractivity contribution in [2.45, 2.75) is 33.2 Å². The molecule has 8 nitrogen and oxygen atoms in total. The van der Waals surface area contributed by atoms with Crippen LogP contribution >= 0.6 is 0 Å². The Hall–Kier alpha value is -2.90. The van der Waals surface area contributed by atoms with Crippen molar-refractivity contribution < 1.29 is 4.79 Å². The van der Waals surface area contributed by atoms with E-state index in [1.54, 1.807) is 20.0 Å². The second kappa shape index (κ2) is 7.15. The zero-order chi connectivity index (χ0) is 18.8. The number of aromatic nitrogens is 3. The third kappa shape index (κ3) is 3.54. The molecule has 138 valence electrons. The summed E-state index contributed by atoms with van der Waals surface area (Å²) in [5, 5.41) is 2.70. The normalized spacial score (nSPS) is 13.9. The van der Waals surface area contributed by atoms with Gasteiger partial charge in [-0.05, 0) is 38.3 Å². The fourth-order valence-corrected chi connectivity index (χ4v) is 3.18. The minimum Gasteiger partial charge on any atom is -0.346 e. The molecule has 3 rings (SSSR count). The fourth-order valence-electron chi connectivity index (χ4n) is 3.18. The van der Waals surface area contributed by atoms with E-state index in [-0.39, 0.29) is 23.2 Å². The predicted octanol–water partition coefficient (Wildman–Crippen LogP) is 0.616. The highest BCUT2D eigenvalue weighted by Crippen LogP contribution is 2.14. The minimum atomic E-state index is -0.465. The van der Waals surface area contributed by atoms with E-state index in [9.17, 15) is 14.4 Å². The van der Waals surface area contributed by atoms with E-state index >= 15 is 0 Å². The molecule has 1 aliphatic heterocycles. The first-order valence-corrected chi connectivity index (χ1v) is 8.67. The molecule has 1 fully saturated rings. The van der Waals surface area contributed by atoms with Gasteiger partial charge >= 0.3 is 0 Å². The molecule has 26 heavy (non-hydrogen) atoms. The van der Waals surface area contributed by atoms with Gasteiger partial charge in [0.1, 0.15) is 5.56 Å². The Morgan fingerprint density at radius 2 is 1.92 bits per heavy atom. The predicted molar refractivity (Wildman–Crippen MR) is 98.6 cm³/mol. The van der Waals surface area contributed by atoms with E-state index in [2.05, 4.69) is 15.3 Å². The Morgan fingerprint density at radius 1 is 1.23 bits per heavy atom. The van der Waals surface area contributed by atoms with E-state index in [4.69, 9.17) is 0 Å². The van der Waals surface area contributed by atoms with Crippen LogP contribution in [0.3, 0.4) is 0 Å². The van der Waals surface area contributed by atoms with Gasteiger partial charge in [0.05, 0.1) is 12.2 Å². The number of aryl methyl sites for hydroxylation is 2. The van der Waals surface area contributed by atoms with Crippen LogP contribution in [0.4, 0.5) is 5.95 Å². The van der Waals surface area contributed by atoms with E-state index in [0.29, 0.717) is 17.2 Å². The van der Waals surface area contributed by atoms with Crippen molar-refractivity contribution in [1.29, 1.82) is 0 Å². The summed E-state index contributed by atoms with van der Waals surface area (Å²) in [7, 11) is 1.63. The number of pyridine rings is 1. The van der Waals surface area contributed by atoms with Gasteiger partial charge in [-0.3, -0.25) is 19.4 Å². The van der Waals surface area contributed by atoms with Gasteiger partial charge in [0, 0.05) is 31.9 Å². The maximum absolute atomic E-state index is 12.5. The third-order valence-electron chi connectivity index (χ3n) is 4.71. The van der Waals surface area contributed by atoms with Crippen molar-refractivity contribution in [3.05, 3.63) is 55.4 Å². The Bertz CT molecular complexity index is 954. The molecule has 0 unspecified atom stereocenters. The summed E-state index contributed by atoms with van der Waals surface area (Å²) < 4.78 is 1.44. The molecule has 3 heterocycles. The smallest absolute Gasteiger partial charge is 0.263 e. The van der Waals surface area contributed by atoms with Crippen LogP contribution in [0, 0.1) is 13.8 Å². The Kier molecular flexibility index (Phi) is 4.92. The number of rotatable bonds is 4. The number of hydrogen-bond acceptors (Lipinski definition) is 5. The summed E-state index contributed by atoms with van der Waals surface area (Å²) >= 11 is 0. The van der Waals surface area contributed by atoms with E-state index in [1.165, 1.54) is 10.6 Å². The van der Waals surface area contributed by atoms with Gasteiger partial charge in [-0.15, -0.1) is 0 Å². The average Bonchev–Trinajstić information content (AvgIpc) is 3.12. The Labute approximate surface area is 150 Å². The number of H-pyrrole nitrogens is 1. The van der Waals surface area contributed by atoms with E-state index in [0.717, 1.165) is 31.6 Å². The molecule has 2 N–H and O–H groups in total. The van der Waals surface area contributed by atoms with Crippen LogP contribution in [0.2, 0.25) is 0 Å². The Balaban J connectivity index is 1.79. The van der Waals surface area contributed by atoms with Gasteiger partial charge in [-0.1, -0.05) is 0 Å². The monoisotopic (exact) mass is 357 g/mol. The van der Waals surface area contributed by atoms with Crippen molar-refractivity contribution in [3.63, 3.8) is 0 Å². The maximum Gasteiger partial charge on any atom is 0.263 e. The molecule has 2 aromatic heterocycles. The SMILES string of the molecule is Cc1cc(C)n(C)c(=O)c1C(=O)NCc1cc(=O)[nH]c(N2CCCC2)n1. The van der Waals surface area contributed by atoms with E-state index < -0.39 is 5.91 Å². The van der Waals surface area contributed by atoms with Crippen molar-refractivity contribution >= 4 is 11.9 Å². The van der Waals surface area contributed by atoms with Crippen molar-refractivity contribution in [2.24, 2.45) is 7.05 Å². The van der Waals surface area contributed by atoms with Crippen molar-refractivity contribution in [1.82, 2.24) is 19.9 Å². The molecule has 1 aliphatic rings. The van der Waals surface area contributed by atoms with Gasteiger partial charge < -0.3 is 14.8 Å². The average molecular weight is 357 g/mol. The summed E-state index contributed by atoms with van der Waals surface area (Å²) in [6.07, 6.45) is 2.14. The quantitative estimate of drug-likeness (QED) is 0.835. The second-order valence-electron chi connectivity index (χ2n) is 6.65. The molecule has 1 amide bonds. The molecule has 1 saturated heterocycles. The van der Waals surface area contributed by atoms with E-state index in [1.807, 2.05) is 11.8 Å². The number of hydrogen-bond donors (Lipinski definition) is 2. The standard InChI is InChI=1S/C18H23N5O3/c1-11-8-12(2)22(3)17(26)15(11)16(25)19-10-13-9-14(24)21-18(20-13)23-6-4-5-7-23/h8-9H,4-7,10H2,1-3H3,(H,19,25)(H,20,21,24). The zero-order valence-corrected chi connectivity index (χ0v) is 15.3. The summed E-state index contributed by atoms with van der Waals surface area (Å²) in [4.78, 5) is 45.9. The topological polar surface area (TPSA) is 100 Å². The highest BCUT2D eigenvalue weighted by molar-refractivity contribution is 5.95. The summed E-state index contributed by atoms with van der Waals surface area (Å²) in [6.45, 7) is 5.35. The highest BCUT2D eigenvalue weighted by Gasteiger charge is 2.18. The molecule has 0 bridgehead atoms. The lowest BCUT2D eigenvalue weighted by molar-refractivity contribution is 0.0947. The molecule has 2 aromatic rings. The number of nitrogens with one attached hydrogen (secondary N) is 2. The lowest BCUT2D eigenvalue weighted by Crippen LogP contribution is -2.34. The van der Waals surface area contributed by atoms with Crippen LogP contribution in [0.1, 0.15) is 40.2 Å². The van der Waals surface area contributed by atoms with Gasteiger partial charge in [0.25, 0.3) is 17.0 Å². The lowest BCUT2D eigenvalue weighted by atomic mass is 10.1. The molecule has 0 spiro atoms. The van der Waals surface area contributed by atoms with Crippen LogP contribution in [0.15, 0.2) is 21.7 Å². The molecule has 8 heteroatoms. The van der Waals surface area contributed by atoms with Crippen LogP contribution in [0.25, 0.3) is 0 Å². The first-order valence-electron chi connectivity index (χ1n) is 8.67. The van der Waals surface area contributed by atoms with Gasteiger partial charge in [-0.25, -0.2) is 4.98 Å². The number of aromatic amines is 1. The summed E-state index contributed by atoms with van der Waals surface area (Å²) in [5.41, 5.74) is 1.40. The first-order chi connectivity index (χ1) is 12.4. The third-order valence-corrected chi connectivity index (χ3v) is 4.71. The number of amides is 1. The fraction of sp³-hybridized carbons (Fsp3) is 0.444.